The lowest BCUT2D eigenvalue weighted by molar-refractivity contribution is 0.0949. The minimum Gasteiger partial charge on any atom is -0.372 e. The largest absolute Gasteiger partial charge is 0.372 e. The summed E-state index contributed by atoms with van der Waals surface area (Å²) >= 11 is 0. The Morgan fingerprint density at radius 1 is 0.903 bits per heavy atom. The fourth-order valence-corrected chi connectivity index (χ4v) is 5.60. The number of likely N-dealkylation sites (tertiary alicyclic amines) is 1. The summed E-state index contributed by atoms with van der Waals surface area (Å²) in [5.41, 5.74) is 4.85. The van der Waals surface area contributed by atoms with Crippen LogP contribution in [0.5, 0.6) is 0 Å². The van der Waals surface area contributed by atoms with Crippen molar-refractivity contribution in [2.24, 2.45) is 17.8 Å². The third-order valence-electron chi connectivity index (χ3n) is 7.63. The first-order chi connectivity index (χ1) is 15.2. The van der Waals surface area contributed by atoms with Gasteiger partial charge in [-0.2, -0.15) is 0 Å². The molecule has 2 aromatic rings. The molecule has 3 aliphatic rings. The van der Waals surface area contributed by atoms with Crippen molar-refractivity contribution in [3.05, 3.63) is 65.2 Å². The predicted molar refractivity (Wildman–Crippen MR) is 126 cm³/mol. The van der Waals surface area contributed by atoms with Crippen LogP contribution in [0, 0.1) is 17.8 Å². The molecule has 3 fully saturated rings. The Morgan fingerprint density at radius 2 is 1.55 bits per heavy atom. The van der Waals surface area contributed by atoms with Crippen LogP contribution in [-0.4, -0.2) is 43.5 Å². The molecule has 2 atom stereocenters. The number of piperidine rings is 2. The van der Waals surface area contributed by atoms with E-state index in [4.69, 9.17) is 0 Å². The van der Waals surface area contributed by atoms with Gasteiger partial charge in [-0.3, -0.25) is 9.69 Å². The van der Waals surface area contributed by atoms with Gasteiger partial charge in [0.05, 0.1) is 0 Å². The lowest BCUT2D eigenvalue weighted by Gasteiger charge is -2.28. The van der Waals surface area contributed by atoms with Gasteiger partial charge < -0.3 is 10.2 Å². The maximum absolute atomic E-state index is 12.6. The number of hydrogen-bond donors (Lipinski definition) is 1. The zero-order valence-corrected chi connectivity index (χ0v) is 18.7. The van der Waals surface area contributed by atoms with Crippen molar-refractivity contribution >= 4 is 11.6 Å². The molecule has 1 amide bonds. The lowest BCUT2D eigenvalue weighted by Crippen LogP contribution is -2.31. The van der Waals surface area contributed by atoms with Gasteiger partial charge in [0.1, 0.15) is 0 Å². The number of benzene rings is 2. The van der Waals surface area contributed by atoms with Crippen molar-refractivity contribution in [3.63, 3.8) is 0 Å². The Bertz CT molecular complexity index is 874. The van der Waals surface area contributed by atoms with E-state index in [1.54, 1.807) is 0 Å². The van der Waals surface area contributed by atoms with Crippen molar-refractivity contribution < 1.29 is 4.79 Å². The second-order valence-electron chi connectivity index (χ2n) is 9.66. The molecule has 4 nitrogen and oxygen atoms in total. The minimum atomic E-state index is 0.0723. The summed E-state index contributed by atoms with van der Waals surface area (Å²) in [6.45, 7) is 8.69. The molecule has 1 aliphatic carbocycles. The highest BCUT2D eigenvalue weighted by Gasteiger charge is 2.55. The molecule has 164 valence electrons. The van der Waals surface area contributed by atoms with Crippen molar-refractivity contribution in [2.75, 3.05) is 37.6 Å². The van der Waals surface area contributed by atoms with Crippen molar-refractivity contribution in [2.45, 2.75) is 39.2 Å². The minimum absolute atomic E-state index is 0.0723. The molecule has 0 bridgehead atoms. The van der Waals surface area contributed by atoms with E-state index in [1.165, 1.54) is 49.2 Å². The molecule has 2 aliphatic heterocycles. The predicted octanol–water partition coefficient (Wildman–Crippen LogP) is 4.35. The van der Waals surface area contributed by atoms with Gasteiger partial charge in [-0.25, -0.2) is 0 Å². The van der Waals surface area contributed by atoms with E-state index in [2.05, 4.69) is 58.4 Å². The molecule has 5 rings (SSSR count). The van der Waals surface area contributed by atoms with Crippen molar-refractivity contribution in [1.29, 1.82) is 0 Å². The van der Waals surface area contributed by atoms with E-state index in [1.807, 2.05) is 12.1 Å². The topological polar surface area (TPSA) is 35.6 Å². The molecule has 31 heavy (non-hydrogen) atoms. The van der Waals surface area contributed by atoms with E-state index in [0.717, 1.165) is 50.0 Å². The molecular formula is C27H35N3O. The molecule has 2 aromatic carbocycles. The van der Waals surface area contributed by atoms with E-state index in [9.17, 15) is 4.79 Å². The lowest BCUT2D eigenvalue weighted by atomic mass is 10.1. The van der Waals surface area contributed by atoms with Crippen LogP contribution in [0.15, 0.2) is 48.5 Å². The van der Waals surface area contributed by atoms with Crippen LogP contribution in [0.4, 0.5) is 5.69 Å². The second kappa shape index (κ2) is 9.04. The maximum atomic E-state index is 12.6. The van der Waals surface area contributed by atoms with E-state index < -0.39 is 0 Å². The molecule has 2 saturated heterocycles. The first-order valence-electron chi connectivity index (χ1n) is 12.1. The maximum Gasteiger partial charge on any atom is 0.251 e. The van der Waals surface area contributed by atoms with Gasteiger partial charge in [0.15, 0.2) is 0 Å². The Morgan fingerprint density at radius 3 is 2.19 bits per heavy atom. The zero-order chi connectivity index (χ0) is 21.2. The number of hydrogen-bond acceptors (Lipinski definition) is 3. The van der Waals surface area contributed by atoms with Gasteiger partial charge in [0.25, 0.3) is 5.91 Å². The Kier molecular flexibility index (Phi) is 5.99. The number of carbonyl (C=O) groups is 1. The summed E-state index contributed by atoms with van der Waals surface area (Å²) in [7, 11) is 0. The zero-order valence-electron chi connectivity index (χ0n) is 18.7. The summed E-state index contributed by atoms with van der Waals surface area (Å²) in [6, 6.07) is 17.2. The highest BCUT2D eigenvalue weighted by Crippen LogP contribution is 2.51. The summed E-state index contributed by atoms with van der Waals surface area (Å²) in [5.74, 6) is 2.26. The first-order valence-corrected chi connectivity index (χ1v) is 12.1. The van der Waals surface area contributed by atoms with Crippen LogP contribution < -0.4 is 10.2 Å². The Balaban J connectivity index is 1.05. The molecular weight excluding hydrogens is 382 g/mol. The van der Waals surface area contributed by atoms with Gasteiger partial charge >= 0.3 is 0 Å². The summed E-state index contributed by atoms with van der Waals surface area (Å²) < 4.78 is 0. The standard InChI is InChI=1S/C27H35N3O/c1-2-20-6-8-21(9-7-20)17-29-18-25-24(26(25)19-29)16-28-27(31)22-10-12-23(13-11-22)30-14-4-3-5-15-30/h6-13,24-26H,2-5,14-19H2,1H3,(H,28,31). The Labute approximate surface area is 186 Å². The van der Waals surface area contributed by atoms with E-state index in [-0.39, 0.29) is 5.91 Å². The highest BCUT2D eigenvalue weighted by molar-refractivity contribution is 5.94. The number of rotatable bonds is 7. The Hall–Kier alpha value is -2.33. The monoisotopic (exact) mass is 417 g/mol. The molecule has 0 aromatic heterocycles. The third-order valence-corrected chi connectivity index (χ3v) is 7.63. The van der Waals surface area contributed by atoms with Gasteiger partial charge in [-0.1, -0.05) is 31.2 Å². The summed E-state index contributed by atoms with van der Waals surface area (Å²) in [5, 5.41) is 3.19. The van der Waals surface area contributed by atoms with E-state index in [0.29, 0.717) is 5.92 Å². The normalized spacial score (nSPS) is 25.3. The number of amides is 1. The number of fused-ring (bicyclic) bond motifs is 1. The van der Waals surface area contributed by atoms with Crippen LogP contribution in [0.3, 0.4) is 0 Å². The quantitative estimate of drug-likeness (QED) is 0.728. The van der Waals surface area contributed by atoms with Crippen LogP contribution in [0.1, 0.15) is 47.7 Å². The molecule has 1 N–H and O–H groups in total. The average molecular weight is 418 g/mol. The average Bonchev–Trinajstić information content (AvgIpc) is 3.29. The number of nitrogens with one attached hydrogen (secondary N) is 1. The van der Waals surface area contributed by atoms with Crippen LogP contribution in [0.2, 0.25) is 0 Å². The molecule has 1 saturated carbocycles. The number of anilines is 1. The van der Waals surface area contributed by atoms with Gasteiger partial charge in [0.2, 0.25) is 0 Å². The fraction of sp³-hybridized carbons (Fsp3) is 0.519. The first kappa shape index (κ1) is 20.6. The SMILES string of the molecule is CCc1ccc(CN2CC3C(CNC(=O)c4ccc(N5CCCCC5)cc4)C3C2)cc1. The van der Waals surface area contributed by atoms with Crippen molar-refractivity contribution in [1.82, 2.24) is 10.2 Å². The molecule has 2 heterocycles. The second-order valence-corrected chi connectivity index (χ2v) is 9.66. The van der Waals surface area contributed by atoms with Gasteiger partial charge in [-0.05, 0) is 78.8 Å². The van der Waals surface area contributed by atoms with Crippen LogP contribution >= 0.6 is 0 Å². The fourth-order valence-electron chi connectivity index (χ4n) is 5.60. The summed E-state index contributed by atoms with van der Waals surface area (Å²) in [4.78, 5) is 17.6. The molecule has 4 heteroatoms. The molecule has 0 radical (unpaired) electrons. The third kappa shape index (κ3) is 4.64. The van der Waals surface area contributed by atoms with E-state index >= 15 is 0 Å². The van der Waals surface area contributed by atoms with Crippen molar-refractivity contribution in [3.8, 4) is 0 Å². The number of nitrogens with zero attached hydrogens (tertiary/aromatic N) is 2. The summed E-state index contributed by atoms with van der Waals surface area (Å²) in [6.07, 6.45) is 4.98. The van der Waals surface area contributed by atoms with Gasteiger partial charge in [-0.15, -0.1) is 0 Å². The smallest absolute Gasteiger partial charge is 0.251 e. The van der Waals surface area contributed by atoms with Crippen LogP contribution in [-0.2, 0) is 13.0 Å². The number of aryl methyl sites for hydroxylation is 1. The molecule has 2 unspecified atom stereocenters. The van der Waals surface area contributed by atoms with Crippen LogP contribution in [0.25, 0.3) is 0 Å². The number of carbonyl (C=O) groups excluding carboxylic acids is 1. The molecule has 0 spiro atoms. The highest BCUT2D eigenvalue weighted by atomic mass is 16.1. The van der Waals surface area contributed by atoms with Gasteiger partial charge in [0, 0.05) is 50.5 Å².